The highest BCUT2D eigenvalue weighted by molar-refractivity contribution is 6.32. The van der Waals surface area contributed by atoms with Gasteiger partial charge in [-0.1, -0.05) is 23.7 Å². The number of para-hydroxylation sites is 1. The molecule has 0 radical (unpaired) electrons. The first kappa shape index (κ1) is 18.0. The average molecular weight is 349 g/mol. The second kappa shape index (κ2) is 7.97. The van der Waals surface area contributed by atoms with Gasteiger partial charge in [-0.25, -0.2) is 9.97 Å². The predicted molar refractivity (Wildman–Crippen MR) is 94.2 cm³/mol. The highest BCUT2D eigenvalue weighted by atomic mass is 35.5. The number of anilines is 1. The molecular weight excluding hydrogens is 328 g/mol. The van der Waals surface area contributed by atoms with Crippen molar-refractivity contribution in [2.24, 2.45) is 0 Å². The van der Waals surface area contributed by atoms with E-state index in [1.807, 2.05) is 26.0 Å². The fraction of sp³-hybridized carbons (Fsp3) is 0.353. The SMILES string of the molecule is CCN(CC)C(=O)c1c(C)nc(N)nc1COc1ccccc1Cl. The van der Waals surface area contributed by atoms with Crippen LogP contribution in [0.2, 0.25) is 5.02 Å². The van der Waals surface area contributed by atoms with Gasteiger partial charge in [0.05, 0.1) is 22.0 Å². The van der Waals surface area contributed by atoms with Crippen molar-refractivity contribution in [1.82, 2.24) is 14.9 Å². The number of benzene rings is 1. The zero-order chi connectivity index (χ0) is 17.7. The molecule has 2 aromatic rings. The van der Waals surface area contributed by atoms with E-state index in [9.17, 15) is 4.79 Å². The molecule has 128 valence electrons. The molecule has 0 bridgehead atoms. The minimum Gasteiger partial charge on any atom is -0.486 e. The minimum atomic E-state index is -0.129. The number of aromatic nitrogens is 2. The maximum Gasteiger partial charge on any atom is 0.257 e. The van der Waals surface area contributed by atoms with Gasteiger partial charge in [0.25, 0.3) is 5.91 Å². The molecule has 6 nitrogen and oxygen atoms in total. The number of ether oxygens (including phenoxy) is 1. The van der Waals surface area contributed by atoms with Crippen LogP contribution in [0.1, 0.15) is 35.6 Å². The summed E-state index contributed by atoms with van der Waals surface area (Å²) in [5.41, 5.74) is 7.16. The number of halogens is 1. The number of hydrogen-bond acceptors (Lipinski definition) is 5. The number of carbonyl (C=O) groups is 1. The molecule has 1 aromatic heterocycles. The smallest absolute Gasteiger partial charge is 0.257 e. The molecule has 0 aliphatic carbocycles. The molecule has 0 aliphatic rings. The number of nitrogens with zero attached hydrogens (tertiary/aromatic N) is 3. The average Bonchev–Trinajstić information content (AvgIpc) is 2.54. The standard InChI is InChI=1S/C17H21ClN4O2/c1-4-22(5-2)16(23)15-11(3)20-17(19)21-13(15)10-24-14-9-7-6-8-12(14)18/h6-9H,4-5,10H2,1-3H3,(H2,19,20,21). The molecule has 0 aliphatic heterocycles. The van der Waals surface area contributed by atoms with Gasteiger partial charge in [-0.3, -0.25) is 4.79 Å². The van der Waals surface area contributed by atoms with E-state index in [2.05, 4.69) is 9.97 Å². The summed E-state index contributed by atoms with van der Waals surface area (Å²) < 4.78 is 5.72. The van der Waals surface area contributed by atoms with Crippen LogP contribution in [-0.4, -0.2) is 33.9 Å². The van der Waals surface area contributed by atoms with Gasteiger partial charge in [-0.05, 0) is 32.9 Å². The molecule has 1 aromatic carbocycles. The van der Waals surface area contributed by atoms with Crippen LogP contribution in [0.4, 0.5) is 5.95 Å². The normalized spacial score (nSPS) is 10.5. The lowest BCUT2D eigenvalue weighted by molar-refractivity contribution is 0.0768. The van der Waals surface area contributed by atoms with E-state index in [4.69, 9.17) is 22.1 Å². The van der Waals surface area contributed by atoms with E-state index in [0.717, 1.165) is 0 Å². The molecular formula is C17H21ClN4O2. The van der Waals surface area contributed by atoms with Crippen LogP contribution in [0.25, 0.3) is 0 Å². The third kappa shape index (κ3) is 3.94. The first-order valence-electron chi connectivity index (χ1n) is 7.77. The zero-order valence-corrected chi connectivity index (χ0v) is 14.8. The summed E-state index contributed by atoms with van der Waals surface area (Å²) in [6.07, 6.45) is 0. The number of rotatable bonds is 6. The molecule has 0 spiro atoms. The lowest BCUT2D eigenvalue weighted by Crippen LogP contribution is -2.32. The Kier molecular flexibility index (Phi) is 5.98. The Labute approximate surface area is 146 Å². The minimum absolute atomic E-state index is 0.0830. The third-order valence-corrected chi connectivity index (χ3v) is 3.96. The van der Waals surface area contributed by atoms with Gasteiger partial charge >= 0.3 is 0 Å². The number of carbonyl (C=O) groups excluding carboxylic acids is 1. The molecule has 1 heterocycles. The fourth-order valence-electron chi connectivity index (χ4n) is 2.42. The molecule has 1 amide bonds. The molecule has 24 heavy (non-hydrogen) atoms. The third-order valence-electron chi connectivity index (χ3n) is 3.65. The Balaban J connectivity index is 2.35. The van der Waals surface area contributed by atoms with E-state index in [1.54, 1.807) is 24.0 Å². The lowest BCUT2D eigenvalue weighted by Gasteiger charge is -2.21. The van der Waals surface area contributed by atoms with E-state index in [-0.39, 0.29) is 18.5 Å². The molecule has 7 heteroatoms. The van der Waals surface area contributed by atoms with Crippen LogP contribution in [0.5, 0.6) is 5.75 Å². The lowest BCUT2D eigenvalue weighted by atomic mass is 10.1. The van der Waals surface area contributed by atoms with Crippen molar-refractivity contribution in [3.8, 4) is 5.75 Å². The summed E-state index contributed by atoms with van der Waals surface area (Å²) in [6.45, 7) is 6.88. The zero-order valence-electron chi connectivity index (χ0n) is 14.0. The van der Waals surface area contributed by atoms with Crippen molar-refractivity contribution in [1.29, 1.82) is 0 Å². The Morgan fingerprint density at radius 2 is 1.92 bits per heavy atom. The quantitative estimate of drug-likeness (QED) is 0.867. The van der Waals surface area contributed by atoms with Gasteiger partial charge in [-0.15, -0.1) is 0 Å². The van der Waals surface area contributed by atoms with Crippen molar-refractivity contribution in [3.63, 3.8) is 0 Å². The Morgan fingerprint density at radius 1 is 1.25 bits per heavy atom. The summed E-state index contributed by atoms with van der Waals surface area (Å²) in [4.78, 5) is 22.8. The van der Waals surface area contributed by atoms with E-state index in [0.29, 0.717) is 40.8 Å². The van der Waals surface area contributed by atoms with Gasteiger partial charge in [0.2, 0.25) is 5.95 Å². The summed E-state index contributed by atoms with van der Waals surface area (Å²) in [5.74, 6) is 0.506. The van der Waals surface area contributed by atoms with Crippen molar-refractivity contribution < 1.29 is 9.53 Å². The number of aryl methyl sites for hydroxylation is 1. The number of nitrogens with two attached hydrogens (primary N) is 1. The molecule has 2 N–H and O–H groups in total. The maximum atomic E-state index is 12.8. The largest absolute Gasteiger partial charge is 0.486 e. The molecule has 0 saturated carbocycles. The van der Waals surface area contributed by atoms with Crippen LogP contribution in [-0.2, 0) is 6.61 Å². The van der Waals surface area contributed by atoms with Crippen LogP contribution in [0.15, 0.2) is 24.3 Å². The first-order valence-corrected chi connectivity index (χ1v) is 8.15. The number of amides is 1. The summed E-state index contributed by atoms with van der Waals surface area (Å²) in [7, 11) is 0. The molecule has 0 saturated heterocycles. The van der Waals surface area contributed by atoms with Crippen molar-refractivity contribution >= 4 is 23.5 Å². The van der Waals surface area contributed by atoms with Gasteiger partial charge in [0, 0.05) is 13.1 Å². The van der Waals surface area contributed by atoms with Crippen molar-refractivity contribution in [2.75, 3.05) is 18.8 Å². The van der Waals surface area contributed by atoms with Crippen LogP contribution >= 0.6 is 11.6 Å². The van der Waals surface area contributed by atoms with Crippen LogP contribution in [0.3, 0.4) is 0 Å². The van der Waals surface area contributed by atoms with Crippen molar-refractivity contribution in [3.05, 3.63) is 46.2 Å². The Morgan fingerprint density at radius 3 is 2.54 bits per heavy atom. The number of hydrogen-bond donors (Lipinski definition) is 1. The van der Waals surface area contributed by atoms with E-state index >= 15 is 0 Å². The fourth-order valence-corrected chi connectivity index (χ4v) is 2.61. The van der Waals surface area contributed by atoms with Crippen LogP contribution in [0, 0.1) is 6.92 Å². The molecule has 0 fully saturated rings. The van der Waals surface area contributed by atoms with Gasteiger partial charge in [-0.2, -0.15) is 0 Å². The highest BCUT2D eigenvalue weighted by Crippen LogP contribution is 2.25. The Bertz CT molecular complexity index is 733. The van der Waals surface area contributed by atoms with Gasteiger partial charge in [0.15, 0.2) is 0 Å². The maximum absolute atomic E-state index is 12.8. The van der Waals surface area contributed by atoms with E-state index < -0.39 is 0 Å². The molecule has 0 unspecified atom stereocenters. The van der Waals surface area contributed by atoms with E-state index in [1.165, 1.54) is 0 Å². The number of nitrogen functional groups attached to an aromatic ring is 1. The second-order valence-electron chi connectivity index (χ2n) is 5.19. The molecule has 0 atom stereocenters. The summed E-state index contributed by atoms with van der Waals surface area (Å²) >= 11 is 6.09. The molecule has 2 rings (SSSR count). The monoisotopic (exact) mass is 348 g/mol. The first-order chi connectivity index (χ1) is 11.5. The van der Waals surface area contributed by atoms with Gasteiger partial charge < -0.3 is 15.4 Å². The topological polar surface area (TPSA) is 81.3 Å². The van der Waals surface area contributed by atoms with Crippen LogP contribution < -0.4 is 10.5 Å². The summed E-state index contributed by atoms with van der Waals surface area (Å²) in [6, 6.07) is 7.13. The summed E-state index contributed by atoms with van der Waals surface area (Å²) in [5, 5.41) is 0.493. The predicted octanol–water partition coefficient (Wildman–Crippen LogP) is 3.08. The second-order valence-corrected chi connectivity index (χ2v) is 5.59. The highest BCUT2D eigenvalue weighted by Gasteiger charge is 2.22. The van der Waals surface area contributed by atoms with Crippen molar-refractivity contribution in [2.45, 2.75) is 27.4 Å². The van der Waals surface area contributed by atoms with Gasteiger partial charge in [0.1, 0.15) is 12.4 Å². The Hall–Kier alpha value is -2.34.